The number of hydrogen-bond acceptors (Lipinski definition) is 4. The van der Waals surface area contributed by atoms with Crippen LogP contribution in [0.3, 0.4) is 0 Å². The first-order chi connectivity index (χ1) is 31.4. The van der Waals surface area contributed by atoms with E-state index in [1.807, 2.05) is 6.07 Å². The van der Waals surface area contributed by atoms with Crippen LogP contribution in [-0.2, 0) is 5.41 Å². The fourth-order valence-corrected chi connectivity index (χ4v) is 10.6. The Morgan fingerprint density at radius 1 is 0.531 bits per heavy atom. The molecule has 3 aliphatic rings. The van der Waals surface area contributed by atoms with Gasteiger partial charge in [0.05, 0.1) is 11.8 Å². The van der Waals surface area contributed by atoms with Crippen LogP contribution < -0.4 is 0 Å². The molecule has 1 aromatic heterocycles. The quantitative estimate of drug-likeness (QED) is 0.161. The van der Waals surface area contributed by atoms with E-state index in [0.29, 0.717) is 5.89 Å². The van der Waals surface area contributed by atoms with Crippen molar-refractivity contribution < 1.29 is 4.42 Å². The fourth-order valence-electron chi connectivity index (χ4n) is 10.6. The van der Waals surface area contributed by atoms with E-state index in [-0.39, 0.29) is 17.4 Å². The summed E-state index contributed by atoms with van der Waals surface area (Å²) in [5.74, 6) is 1.37. The van der Waals surface area contributed by atoms with E-state index in [4.69, 9.17) is 19.4 Å². The average molecular weight is 824 g/mol. The van der Waals surface area contributed by atoms with E-state index in [1.165, 1.54) is 38.9 Å². The Bertz CT molecular complexity index is 3410. The second kappa shape index (κ2) is 14.7. The molecule has 2 aliphatic carbocycles. The smallest absolute Gasteiger partial charge is 0.227 e. The number of aliphatic imine (C=N–C) groups is 2. The summed E-state index contributed by atoms with van der Waals surface area (Å²) >= 11 is 0. The van der Waals surface area contributed by atoms with E-state index in [1.54, 1.807) is 0 Å². The molecule has 0 fully saturated rings. The van der Waals surface area contributed by atoms with Crippen molar-refractivity contribution in [1.29, 1.82) is 0 Å². The van der Waals surface area contributed by atoms with E-state index in [0.717, 1.165) is 84.7 Å². The molecule has 0 saturated carbocycles. The number of rotatable bonds is 7. The monoisotopic (exact) mass is 823 g/mol. The topological polar surface area (TPSA) is 50.8 Å². The summed E-state index contributed by atoms with van der Waals surface area (Å²) in [5.41, 5.74) is 21.9. The minimum atomic E-state index is -0.148. The highest BCUT2D eigenvalue weighted by Crippen LogP contribution is 2.50. The second-order valence-electron chi connectivity index (χ2n) is 17.8. The lowest BCUT2D eigenvalue weighted by molar-refractivity contribution is 0.532. The van der Waals surface area contributed by atoms with E-state index in [9.17, 15) is 0 Å². The number of fused-ring (bicyclic) bond motifs is 8. The Hall–Kier alpha value is -7.69. The van der Waals surface area contributed by atoms with Crippen LogP contribution in [0.1, 0.15) is 72.2 Å². The van der Waals surface area contributed by atoms with Crippen LogP contribution in [0.4, 0.5) is 0 Å². The summed E-state index contributed by atoms with van der Waals surface area (Å²) in [7, 11) is 0. The van der Waals surface area contributed by atoms with Gasteiger partial charge in [0.1, 0.15) is 5.52 Å². The number of aromatic nitrogens is 1. The van der Waals surface area contributed by atoms with Gasteiger partial charge in [-0.1, -0.05) is 179 Å². The maximum absolute atomic E-state index is 6.70. The summed E-state index contributed by atoms with van der Waals surface area (Å²) in [4.78, 5) is 16.5. The van der Waals surface area contributed by atoms with Crippen molar-refractivity contribution in [3.05, 3.63) is 228 Å². The number of nitrogens with zero attached hydrogens (tertiary/aromatic N) is 3. The fraction of sp³-hybridized carbons (Fsp3) is 0.117. The lowest BCUT2D eigenvalue weighted by Crippen LogP contribution is -2.28. The molecular formula is C60H45N3O. The standard InChI is InChI=1S/C60H45N3O/c1-5-43-55(40-26-24-38(25-27-40)37-16-8-6-9-17-37)61-58(42-29-30-47-46-21-14-15-23-51(46)60(3,4)52(47)35-42)62-56(43)41-28-31-49(50(34-41)39-18-10-7-11-19-39)59-63-57-53(64-59)33-32-45-36(2)44-20-12-13-22-48(44)54(45)57/h6-35,43,55H,2,5H2,1,3-4H3. The molecule has 8 aromatic carbocycles. The number of oxazole rings is 1. The van der Waals surface area contributed by atoms with Crippen LogP contribution in [0.15, 0.2) is 203 Å². The van der Waals surface area contributed by atoms with Crippen LogP contribution in [-0.4, -0.2) is 16.5 Å². The van der Waals surface area contributed by atoms with Gasteiger partial charge in [-0.25, -0.2) is 9.98 Å². The Balaban J connectivity index is 1.01. The molecule has 12 rings (SSSR count). The predicted octanol–water partition coefficient (Wildman–Crippen LogP) is 15.2. The summed E-state index contributed by atoms with van der Waals surface area (Å²) in [6.07, 6.45) is 0.860. The zero-order valence-electron chi connectivity index (χ0n) is 36.1. The third-order valence-electron chi connectivity index (χ3n) is 13.9. The van der Waals surface area contributed by atoms with Crippen molar-refractivity contribution >= 4 is 28.2 Å². The third-order valence-corrected chi connectivity index (χ3v) is 13.9. The second-order valence-corrected chi connectivity index (χ2v) is 17.8. The Labute approximate surface area is 374 Å². The highest BCUT2D eigenvalue weighted by molar-refractivity contribution is 6.16. The largest absolute Gasteiger partial charge is 0.436 e. The Kier molecular flexibility index (Phi) is 8.74. The van der Waals surface area contributed by atoms with Gasteiger partial charge in [0.15, 0.2) is 11.4 Å². The molecule has 0 bridgehead atoms. The Morgan fingerprint density at radius 3 is 1.91 bits per heavy atom. The summed E-state index contributed by atoms with van der Waals surface area (Å²) in [6.45, 7) is 11.4. The van der Waals surface area contributed by atoms with Crippen molar-refractivity contribution in [3.8, 4) is 56.0 Å². The van der Waals surface area contributed by atoms with E-state index < -0.39 is 0 Å². The van der Waals surface area contributed by atoms with Crippen LogP contribution >= 0.6 is 0 Å². The molecular weight excluding hydrogens is 779 g/mol. The first kappa shape index (κ1) is 38.0. The number of amidine groups is 1. The average Bonchev–Trinajstić information content (AvgIpc) is 3.99. The van der Waals surface area contributed by atoms with Gasteiger partial charge in [0.25, 0.3) is 0 Å². The third kappa shape index (κ3) is 5.93. The highest BCUT2D eigenvalue weighted by atomic mass is 16.3. The van der Waals surface area contributed by atoms with Crippen molar-refractivity contribution in [2.24, 2.45) is 15.9 Å². The van der Waals surface area contributed by atoms with Crippen LogP contribution in [0, 0.1) is 5.92 Å². The van der Waals surface area contributed by atoms with E-state index in [2.05, 4.69) is 203 Å². The van der Waals surface area contributed by atoms with Gasteiger partial charge < -0.3 is 4.42 Å². The summed E-state index contributed by atoms with van der Waals surface area (Å²) in [5, 5.41) is 0. The van der Waals surface area contributed by atoms with Gasteiger partial charge in [-0.2, -0.15) is 0 Å². The van der Waals surface area contributed by atoms with Crippen molar-refractivity contribution in [2.75, 3.05) is 0 Å². The molecule has 1 aliphatic heterocycles. The van der Waals surface area contributed by atoms with Crippen LogP contribution in [0.25, 0.3) is 72.6 Å². The zero-order chi connectivity index (χ0) is 43.1. The molecule has 2 atom stereocenters. The zero-order valence-corrected chi connectivity index (χ0v) is 36.1. The van der Waals surface area contributed by atoms with Gasteiger partial charge in [-0.05, 0) is 115 Å². The number of hydrogen-bond donors (Lipinski definition) is 0. The van der Waals surface area contributed by atoms with Crippen molar-refractivity contribution in [2.45, 2.75) is 38.6 Å². The van der Waals surface area contributed by atoms with Gasteiger partial charge in [-0.3, -0.25) is 4.99 Å². The molecule has 2 heterocycles. The summed E-state index contributed by atoms with van der Waals surface area (Å²) < 4.78 is 6.70. The lowest BCUT2D eigenvalue weighted by Gasteiger charge is -2.30. The van der Waals surface area contributed by atoms with Crippen LogP contribution in [0.5, 0.6) is 0 Å². The molecule has 0 radical (unpaired) electrons. The van der Waals surface area contributed by atoms with E-state index >= 15 is 0 Å². The molecule has 0 amide bonds. The molecule has 9 aromatic rings. The number of benzene rings is 8. The van der Waals surface area contributed by atoms with Gasteiger partial charge in [-0.15, -0.1) is 0 Å². The highest BCUT2D eigenvalue weighted by Gasteiger charge is 2.37. The maximum atomic E-state index is 6.70. The van der Waals surface area contributed by atoms with Gasteiger partial charge >= 0.3 is 0 Å². The molecule has 4 nitrogen and oxygen atoms in total. The predicted molar refractivity (Wildman–Crippen MR) is 264 cm³/mol. The minimum absolute atomic E-state index is 0.0241. The molecule has 0 saturated heterocycles. The Morgan fingerprint density at radius 2 is 1.14 bits per heavy atom. The lowest BCUT2D eigenvalue weighted by atomic mass is 9.81. The maximum Gasteiger partial charge on any atom is 0.227 e. The minimum Gasteiger partial charge on any atom is -0.436 e. The SMILES string of the molecule is C=C1c2ccccc2-c2c1ccc1oc(-c3ccc(C4=NC(c5ccc6c(c5)C(C)(C)c5ccccc5-6)=NC(c5ccc(-c6ccccc6)cc5)C4CC)cc3-c3ccccc3)nc21. The van der Waals surface area contributed by atoms with Gasteiger partial charge in [0, 0.05) is 28.0 Å². The van der Waals surface area contributed by atoms with Crippen molar-refractivity contribution in [3.63, 3.8) is 0 Å². The molecule has 64 heavy (non-hydrogen) atoms. The first-order valence-corrected chi connectivity index (χ1v) is 22.3. The molecule has 4 heteroatoms. The first-order valence-electron chi connectivity index (χ1n) is 22.3. The molecule has 2 unspecified atom stereocenters. The summed E-state index contributed by atoms with van der Waals surface area (Å²) in [6, 6.07) is 64.9. The molecule has 0 spiro atoms. The normalized spacial score (nSPS) is 16.8. The van der Waals surface area contributed by atoms with Crippen molar-refractivity contribution in [1.82, 2.24) is 4.98 Å². The molecule has 0 N–H and O–H groups in total. The molecule has 306 valence electrons. The van der Waals surface area contributed by atoms with Gasteiger partial charge in [0.2, 0.25) is 5.89 Å². The van der Waals surface area contributed by atoms with Crippen LogP contribution in [0.2, 0.25) is 0 Å².